The van der Waals surface area contributed by atoms with Crippen LogP contribution in [-0.2, 0) is 4.79 Å². The fourth-order valence-electron chi connectivity index (χ4n) is 1.87. The second-order valence-corrected chi connectivity index (χ2v) is 5.03. The highest BCUT2D eigenvalue weighted by atomic mass is 32.1. The Kier molecular flexibility index (Phi) is 3.58. The molecule has 1 aliphatic heterocycles. The summed E-state index contributed by atoms with van der Waals surface area (Å²) in [6.45, 7) is 1.22. The maximum atomic E-state index is 12.0. The van der Waals surface area contributed by atoms with Crippen molar-refractivity contribution in [1.29, 1.82) is 0 Å². The van der Waals surface area contributed by atoms with E-state index in [1.165, 1.54) is 11.3 Å². The molecule has 5 heteroatoms. The van der Waals surface area contributed by atoms with Crippen LogP contribution in [-0.4, -0.2) is 35.1 Å². The molecule has 0 radical (unpaired) electrons. The third kappa shape index (κ3) is 2.42. The van der Waals surface area contributed by atoms with Crippen LogP contribution in [0.2, 0.25) is 0 Å². The first kappa shape index (κ1) is 11.6. The first-order valence-electron chi connectivity index (χ1n) is 5.44. The van der Waals surface area contributed by atoms with Crippen molar-refractivity contribution in [1.82, 2.24) is 4.90 Å². The second kappa shape index (κ2) is 4.95. The van der Waals surface area contributed by atoms with Gasteiger partial charge in [-0.05, 0) is 24.3 Å². The summed E-state index contributed by atoms with van der Waals surface area (Å²) in [5.41, 5.74) is 5.91. The number of likely N-dealkylation sites (tertiary alicyclic amines) is 1. The summed E-state index contributed by atoms with van der Waals surface area (Å²) in [6, 6.07) is 3.23. The van der Waals surface area contributed by atoms with Gasteiger partial charge in [0.05, 0.1) is 6.10 Å². The molecule has 1 amide bonds. The summed E-state index contributed by atoms with van der Waals surface area (Å²) in [4.78, 5) is 14.7. The molecule has 4 nitrogen and oxygen atoms in total. The quantitative estimate of drug-likeness (QED) is 0.801. The van der Waals surface area contributed by atoms with E-state index in [1.807, 2.05) is 17.5 Å². The molecule has 88 valence electrons. The molecule has 0 spiro atoms. The van der Waals surface area contributed by atoms with Gasteiger partial charge in [0.1, 0.15) is 6.04 Å². The number of aliphatic hydroxyl groups excluding tert-OH is 1. The first-order chi connectivity index (χ1) is 7.68. The van der Waals surface area contributed by atoms with Crippen molar-refractivity contribution in [3.05, 3.63) is 22.4 Å². The van der Waals surface area contributed by atoms with Gasteiger partial charge in [0.25, 0.3) is 0 Å². The zero-order chi connectivity index (χ0) is 11.5. The normalized spacial score (nSPS) is 19.8. The molecule has 0 saturated carbocycles. The van der Waals surface area contributed by atoms with Crippen molar-refractivity contribution >= 4 is 17.2 Å². The molecule has 0 bridgehead atoms. The highest BCUT2D eigenvalue weighted by Gasteiger charge is 2.26. The van der Waals surface area contributed by atoms with E-state index in [0.717, 1.165) is 4.88 Å². The third-order valence-corrected chi connectivity index (χ3v) is 3.85. The minimum atomic E-state index is -0.546. The SMILES string of the molecule is NC(C(=O)N1CCC(O)CC1)c1cccs1. The van der Waals surface area contributed by atoms with Gasteiger partial charge < -0.3 is 15.7 Å². The summed E-state index contributed by atoms with van der Waals surface area (Å²) >= 11 is 1.50. The van der Waals surface area contributed by atoms with Crippen LogP contribution in [0.1, 0.15) is 23.8 Å². The monoisotopic (exact) mass is 240 g/mol. The summed E-state index contributed by atoms with van der Waals surface area (Å²) in [7, 11) is 0. The van der Waals surface area contributed by atoms with Gasteiger partial charge in [-0.25, -0.2) is 0 Å². The van der Waals surface area contributed by atoms with Crippen LogP contribution >= 0.6 is 11.3 Å². The van der Waals surface area contributed by atoms with Gasteiger partial charge in [-0.2, -0.15) is 0 Å². The largest absolute Gasteiger partial charge is 0.393 e. The number of hydrogen-bond donors (Lipinski definition) is 2. The van der Waals surface area contributed by atoms with E-state index in [0.29, 0.717) is 25.9 Å². The molecule has 3 N–H and O–H groups in total. The predicted molar refractivity (Wildman–Crippen MR) is 63.1 cm³/mol. The molecule has 1 saturated heterocycles. The van der Waals surface area contributed by atoms with Gasteiger partial charge in [-0.3, -0.25) is 4.79 Å². The van der Waals surface area contributed by atoms with Crippen molar-refractivity contribution in [2.75, 3.05) is 13.1 Å². The van der Waals surface area contributed by atoms with E-state index < -0.39 is 6.04 Å². The van der Waals surface area contributed by atoms with Crippen molar-refractivity contribution < 1.29 is 9.90 Å². The molecule has 16 heavy (non-hydrogen) atoms. The van der Waals surface area contributed by atoms with Crippen LogP contribution in [0.25, 0.3) is 0 Å². The predicted octanol–water partition coefficient (Wildman–Crippen LogP) is 0.731. The minimum Gasteiger partial charge on any atom is -0.393 e. The van der Waals surface area contributed by atoms with E-state index in [2.05, 4.69) is 0 Å². The zero-order valence-corrected chi connectivity index (χ0v) is 9.82. The van der Waals surface area contributed by atoms with E-state index in [4.69, 9.17) is 5.73 Å². The summed E-state index contributed by atoms with van der Waals surface area (Å²) in [6.07, 6.45) is 1.05. The lowest BCUT2D eigenvalue weighted by molar-refractivity contribution is -0.134. The number of amides is 1. The molecule has 1 aromatic heterocycles. The van der Waals surface area contributed by atoms with Crippen molar-refractivity contribution in [3.8, 4) is 0 Å². The van der Waals surface area contributed by atoms with Crippen LogP contribution in [0, 0.1) is 0 Å². The number of thiophene rings is 1. The highest BCUT2D eigenvalue weighted by Crippen LogP contribution is 2.20. The van der Waals surface area contributed by atoms with E-state index in [-0.39, 0.29) is 12.0 Å². The smallest absolute Gasteiger partial charge is 0.244 e. The number of nitrogens with two attached hydrogens (primary N) is 1. The first-order valence-corrected chi connectivity index (χ1v) is 6.32. The van der Waals surface area contributed by atoms with Gasteiger partial charge in [0, 0.05) is 18.0 Å². The maximum Gasteiger partial charge on any atom is 0.244 e. The Morgan fingerprint density at radius 1 is 1.56 bits per heavy atom. The molecular formula is C11H16N2O2S. The van der Waals surface area contributed by atoms with Gasteiger partial charge in [0.2, 0.25) is 5.91 Å². The molecule has 1 aromatic rings. The summed E-state index contributed by atoms with van der Waals surface area (Å²) < 4.78 is 0. The third-order valence-electron chi connectivity index (χ3n) is 2.89. The van der Waals surface area contributed by atoms with Gasteiger partial charge in [-0.1, -0.05) is 6.07 Å². The molecule has 0 aromatic carbocycles. The fourth-order valence-corrected chi connectivity index (χ4v) is 2.59. The number of aliphatic hydroxyl groups is 1. The minimum absolute atomic E-state index is 0.0330. The van der Waals surface area contributed by atoms with Crippen LogP contribution in [0.3, 0.4) is 0 Å². The molecule has 1 aliphatic rings. The Balaban J connectivity index is 1.97. The van der Waals surface area contributed by atoms with Gasteiger partial charge in [0.15, 0.2) is 0 Å². The van der Waals surface area contributed by atoms with E-state index in [1.54, 1.807) is 4.90 Å². The highest BCUT2D eigenvalue weighted by molar-refractivity contribution is 7.10. The van der Waals surface area contributed by atoms with E-state index >= 15 is 0 Å². The van der Waals surface area contributed by atoms with E-state index in [9.17, 15) is 9.90 Å². The number of carbonyl (C=O) groups excluding carboxylic acids is 1. The van der Waals surface area contributed by atoms with Gasteiger partial charge >= 0.3 is 0 Å². The molecule has 0 aliphatic carbocycles. The molecular weight excluding hydrogens is 224 g/mol. The zero-order valence-electron chi connectivity index (χ0n) is 9.00. The van der Waals surface area contributed by atoms with Crippen LogP contribution in [0.15, 0.2) is 17.5 Å². The van der Waals surface area contributed by atoms with Crippen LogP contribution in [0.4, 0.5) is 0 Å². The Bertz CT molecular complexity index is 345. The Labute approximate surface area is 98.7 Å². The topological polar surface area (TPSA) is 66.6 Å². The standard InChI is InChI=1S/C11H16N2O2S/c12-10(9-2-1-7-16-9)11(15)13-5-3-8(14)4-6-13/h1-2,7-8,10,14H,3-6,12H2. The number of hydrogen-bond acceptors (Lipinski definition) is 4. The number of nitrogens with zero attached hydrogens (tertiary/aromatic N) is 1. The molecule has 1 fully saturated rings. The Morgan fingerprint density at radius 3 is 2.81 bits per heavy atom. The molecule has 1 atom stereocenters. The number of carbonyl (C=O) groups is 1. The Hall–Kier alpha value is -0.910. The molecule has 2 heterocycles. The van der Waals surface area contributed by atoms with Gasteiger partial charge in [-0.15, -0.1) is 11.3 Å². The lowest BCUT2D eigenvalue weighted by Gasteiger charge is -2.31. The van der Waals surface area contributed by atoms with Crippen molar-refractivity contribution in [2.45, 2.75) is 25.0 Å². The average Bonchev–Trinajstić information content (AvgIpc) is 2.81. The lowest BCUT2D eigenvalue weighted by Crippen LogP contribution is -2.44. The number of piperidine rings is 1. The van der Waals surface area contributed by atoms with Crippen LogP contribution in [0.5, 0.6) is 0 Å². The molecule has 1 unspecified atom stereocenters. The lowest BCUT2D eigenvalue weighted by atomic mass is 10.1. The fraction of sp³-hybridized carbons (Fsp3) is 0.545. The van der Waals surface area contributed by atoms with Crippen molar-refractivity contribution in [3.63, 3.8) is 0 Å². The maximum absolute atomic E-state index is 12.0. The van der Waals surface area contributed by atoms with Crippen LogP contribution < -0.4 is 5.73 Å². The molecule has 2 rings (SSSR count). The van der Waals surface area contributed by atoms with Crippen molar-refractivity contribution in [2.24, 2.45) is 5.73 Å². The summed E-state index contributed by atoms with van der Waals surface area (Å²) in [5.74, 6) is -0.0330. The number of rotatable bonds is 2. The average molecular weight is 240 g/mol. The Morgan fingerprint density at radius 2 is 2.25 bits per heavy atom. The second-order valence-electron chi connectivity index (χ2n) is 4.05. The summed E-state index contributed by atoms with van der Waals surface area (Å²) in [5, 5.41) is 11.3.